The second kappa shape index (κ2) is 8.16. The van der Waals surface area contributed by atoms with Crippen LogP contribution in [0.15, 0.2) is 43.0 Å². The molecule has 0 aliphatic heterocycles. The summed E-state index contributed by atoms with van der Waals surface area (Å²) in [6, 6.07) is 5.94. The first kappa shape index (κ1) is 19.3. The average molecular weight is 455 g/mol. The highest BCUT2D eigenvalue weighted by atomic mass is 35.5. The monoisotopic (exact) mass is 454 g/mol. The molecule has 3 heterocycles. The fraction of sp³-hybridized carbons (Fsp3) is 0.167. The number of anilines is 1. The molecule has 0 aliphatic carbocycles. The largest absolute Gasteiger partial charge is 0.337 e. The standard InChI is InChI=1S/C18H13Cl2FN4OS2/c19-15-9-12(16(20)28-15)17(26)25(6-1-5-24-7-4-22-10-24)18-23-13-3-2-11(21)8-14(13)27-18/h2-4,7-10H,1,5-6H2. The number of fused-ring (bicyclic) bond motifs is 1. The van der Waals surface area contributed by atoms with Crippen LogP contribution in [-0.4, -0.2) is 27.0 Å². The molecule has 0 N–H and O–H groups in total. The second-order valence-electron chi connectivity index (χ2n) is 5.96. The highest BCUT2D eigenvalue weighted by Gasteiger charge is 2.24. The van der Waals surface area contributed by atoms with Crippen LogP contribution in [0.25, 0.3) is 10.2 Å². The van der Waals surface area contributed by atoms with Crippen molar-refractivity contribution in [2.24, 2.45) is 0 Å². The highest BCUT2D eigenvalue weighted by molar-refractivity contribution is 7.22. The first-order chi connectivity index (χ1) is 13.5. The zero-order chi connectivity index (χ0) is 19.7. The summed E-state index contributed by atoms with van der Waals surface area (Å²) in [5.74, 6) is -0.619. The number of halogens is 3. The molecule has 4 aromatic rings. The Kier molecular flexibility index (Phi) is 5.63. The van der Waals surface area contributed by atoms with Crippen molar-refractivity contribution in [3.63, 3.8) is 0 Å². The Balaban J connectivity index is 1.64. The second-order valence-corrected chi connectivity index (χ2v) is 9.25. The number of hydrogen-bond donors (Lipinski definition) is 0. The van der Waals surface area contributed by atoms with Crippen molar-refractivity contribution in [2.75, 3.05) is 11.4 Å². The van der Waals surface area contributed by atoms with Crippen LogP contribution in [0, 0.1) is 5.82 Å². The number of imidazole rings is 1. The molecule has 10 heteroatoms. The van der Waals surface area contributed by atoms with Gasteiger partial charge in [0.2, 0.25) is 0 Å². The van der Waals surface area contributed by atoms with E-state index in [0.29, 0.717) is 49.1 Å². The predicted molar refractivity (Wildman–Crippen MR) is 112 cm³/mol. The number of aryl methyl sites for hydroxylation is 1. The molecule has 4 rings (SSSR count). The van der Waals surface area contributed by atoms with Crippen LogP contribution in [0.5, 0.6) is 0 Å². The maximum absolute atomic E-state index is 13.5. The molecule has 0 atom stereocenters. The lowest BCUT2D eigenvalue weighted by Crippen LogP contribution is -2.32. The van der Waals surface area contributed by atoms with E-state index in [4.69, 9.17) is 23.2 Å². The molecule has 28 heavy (non-hydrogen) atoms. The van der Waals surface area contributed by atoms with Crippen molar-refractivity contribution < 1.29 is 9.18 Å². The maximum atomic E-state index is 13.5. The zero-order valence-corrected chi connectivity index (χ0v) is 17.5. The first-order valence-corrected chi connectivity index (χ1v) is 10.7. The minimum absolute atomic E-state index is 0.279. The number of hydrogen-bond acceptors (Lipinski definition) is 5. The lowest BCUT2D eigenvalue weighted by atomic mass is 10.3. The number of rotatable bonds is 6. The molecular weight excluding hydrogens is 442 g/mol. The molecule has 0 unspecified atom stereocenters. The Bertz CT molecular complexity index is 1130. The van der Waals surface area contributed by atoms with Crippen molar-refractivity contribution in [3.8, 4) is 0 Å². The number of nitrogens with zero attached hydrogens (tertiary/aromatic N) is 4. The van der Waals surface area contributed by atoms with E-state index in [1.54, 1.807) is 29.6 Å². The van der Waals surface area contributed by atoms with Crippen LogP contribution in [0.2, 0.25) is 8.67 Å². The third kappa shape index (κ3) is 4.05. The van der Waals surface area contributed by atoms with Gasteiger partial charge in [-0.15, -0.1) is 11.3 Å². The van der Waals surface area contributed by atoms with Gasteiger partial charge in [0.25, 0.3) is 5.91 Å². The van der Waals surface area contributed by atoms with E-state index in [1.807, 2.05) is 10.8 Å². The van der Waals surface area contributed by atoms with Crippen molar-refractivity contribution in [2.45, 2.75) is 13.0 Å². The van der Waals surface area contributed by atoms with Gasteiger partial charge < -0.3 is 4.57 Å². The van der Waals surface area contributed by atoms with Gasteiger partial charge in [-0.3, -0.25) is 9.69 Å². The summed E-state index contributed by atoms with van der Waals surface area (Å²) in [7, 11) is 0. The normalized spacial score (nSPS) is 11.2. The molecule has 0 fully saturated rings. The number of thiazole rings is 1. The molecule has 0 saturated heterocycles. The van der Waals surface area contributed by atoms with Crippen molar-refractivity contribution in [3.05, 3.63) is 63.0 Å². The Morgan fingerprint density at radius 1 is 1.25 bits per heavy atom. The Hall–Kier alpha value is -2.00. The quantitative estimate of drug-likeness (QED) is 0.373. The molecule has 0 radical (unpaired) electrons. The third-order valence-electron chi connectivity index (χ3n) is 4.06. The number of benzene rings is 1. The number of amides is 1. The SMILES string of the molecule is O=C(c1cc(Cl)sc1Cl)N(CCCn1ccnc1)c1nc2ccc(F)cc2s1. The summed E-state index contributed by atoms with van der Waals surface area (Å²) in [5, 5.41) is 0.495. The molecule has 1 aromatic carbocycles. The van der Waals surface area contributed by atoms with Gasteiger partial charge in [0.05, 0.1) is 26.4 Å². The Morgan fingerprint density at radius 3 is 2.82 bits per heavy atom. The molecule has 144 valence electrons. The minimum Gasteiger partial charge on any atom is -0.337 e. The number of carbonyl (C=O) groups excluding carboxylic acids is 1. The van der Waals surface area contributed by atoms with Gasteiger partial charge in [-0.2, -0.15) is 0 Å². The molecular formula is C18H13Cl2FN4OS2. The van der Waals surface area contributed by atoms with Gasteiger partial charge in [0.1, 0.15) is 10.2 Å². The Labute approximate surface area is 178 Å². The van der Waals surface area contributed by atoms with Crippen molar-refractivity contribution in [1.82, 2.24) is 14.5 Å². The molecule has 5 nitrogen and oxygen atoms in total. The van der Waals surface area contributed by atoms with Gasteiger partial charge >= 0.3 is 0 Å². The van der Waals surface area contributed by atoms with Gasteiger partial charge in [0, 0.05) is 25.5 Å². The summed E-state index contributed by atoms with van der Waals surface area (Å²) < 4.78 is 16.9. The number of carbonyl (C=O) groups is 1. The minimum atomic E-state index is -0.339. The molecule has 3 aromatic heterocycles. The summed E-state index contributed by atoms with van der Waals surface area (Å²) in [5.41, 5.74) is 0.980. The van der Waals surface area contributed by atoms with Gasteiger partial charge in [0.15, 0.2) is 5.13 Å². The lowest BCUT2D eigenvalue weighted by molar-refractivity contribution is 0.0987. The summed E-state index contributed by atoms with van der Waals surface area (Å²) >= 11 is 14.6. The molecule has 0 saturated carbocycles. The third-order valence-corrected chi connectivity index (χ3v) is 6.59. The van der Waals surface area contributed by atoms with Crippen LogP contribution in [-0.2, 0) is 6.54 Å². The van der Waals surface area contributed by atoms with E-state index in [2.05, 4.69) is 9.97 Å². The fourth-order valence-electron chi connectivity index (χ4n) is 2.75. The van der Waals surface area contributed by atoms with Crippen LogP contribution < -0.4 is 4.90 Å². The Morgan fingerprint density at radius 2 is 2.11 bits per heavy atom. The topological polar surface area (TPSA) is 51.0 Å². The van der Waals surface area contributed by atoms with Crippen molar-refractivity contribution >= 4 is 67.1 Å². The number of thiophene rings is 1. The van der Waals surface area contributed by atoms with E-state index in [1.165, 1.54) is 23.5 Å². The molecule has 1 amide bonds. The average Bonchev–Trinajstić information content (AvgIpc) is 3.38. The smallest absolute Gasteiger partial charge is 0.262 e. The highest BCUT2D eigenvalue weighted by Crippen LogP contribution is 2.35. The van der Waals surface area contributed by atoms with E-state index in [0.717, 1.165) is 11.3 Å². The fourth-order valence-corrected chi connectivity index (χ4v) is 5.21. The van der Waals surface area contributed by atoms with Crippen molar-refractivity contribution in [1.29, 1.82) is 0 Å². The first-order valence-electron chi connectivity index (χ1n) is 8.30. The zero-order valence-electron chi connectivity index (χ0n) is 14.3. The van der Waals surface area contributed by atoms with Gasteiger partial charge in [-0.05, 0) is 30.7 Å². The van der Waals surface area contributed by atoms with Crippen LogP contribution in [0.4, 0.5) is 9.52 Å². The number of aromatic nitrogens is 3. The maximum Gasteiger partial charge on any atom is 0.262 e. The van der Waals surface area contributed by atoms with E-state index < -0.39 is 0 Å². The van der Waals surface area contributed by atoms with E-state index in [9.17, 15) is 9.18 Å². The summed E-state index contributed by atoms with van der Waals surface area (Å²) in [6.45, 7) is 1.12. The summed E-state index contributed by atoms with van der Waals surface area (Å²) in [4.78, 5) is 23.3. The van der Waals surface area contributed by atoms with Crippen LogP contribution in [0.1, 0.15) is 16.8 Å². The van der Waals surface area contributed by atoms with Crippen LogP contribution >= 0.6 is 45.9 Å². The van der Waals surface area contributed by atoms with Gasteiger partial charge in [-0.1, -0.05) is 34.5 Å². The van der Waals surface area contributed by atoms with E-state index >= 15 is 0 Å². The molecule has 0 bridgehead atoms. The van der Waals surface area contributed by atoms with E-state index in [-0.39, 0.29) is 11.7 Å². The molecule has 0 aliphatic rings. The van der Waals surface area contributed by atoms with Gasteiger partial charge in [-0.25, -0.2) is 14.4 Å². The predicted octanol–water partition coefficient (Wildman–Crippen LogP) is 5.74. The summed E-state index contributed by atoms with van der Waals surface area (Å²) in [6.07, 6.45) is 5.98. The van der Waals surface area contributed by atoms with Crippen LogP contribution in [0.3, 0.4) is 0 Å². The lowest BCUT2D eigenvalue weighted by Gasteiger charge is -2.19. The molecule has 0 spiro atoms.